The standard InChI is InChI=1S/C21H22N6O2/c1-21(2,3)20-22-10-15(29-20)19(28)27-9-7-13-17(24-12-23-13)18(27)14-11-26-8-5-4-6-16(26)25-14/h4-6,8,10-12,18H,7,9H2,1-3H3,(H,23,24)/t18-/m0/s1. The average Bonchev–Trinajstić information content (AvgIpc) is 3.44. The third-order valence-corrected chi connectivity index (χ3v) is 5.21. The highest BCUT2D eigenvalue weighted by molar-refractivity contribution is 5.92. The molecule has 0 radical (unpaired) electrons. The second kappa shape index (κ2) is 6.30. The Morgan fingerprint density at radius 1 is 1.28 bits per heavy atom. The molecule has 1 aliphatic rings. The Labute approximate surface area is 167 Å². The first-order chi connectivity index (χ1) is 13.9. The van der Waals surface area contributed by atoms with E-state index in [1.54, 1.807) is 11.2 Å². The molecule has 5 heterocycles. The molecule has 1 N–H and O–H groups in total. The number of amides is 1. The molecule has 5 rings (SSSR count). The monoisotopic (exact) mass is 390 g/mol. The van der Waals surface area contributed by atoms with Gasteiger partial charge in [0.05, 0.1) is 23.9 Å². The Kier molecular flexibility index (Phi) is 3.84. The van der Waals surface area contributed by atoms with E-state index in [9.17, 15) is 4.79 Å². The molecule has 1 atom stereocenters. The van der Waals surface area contributed by atoms with Crippen molar-refractivity contribution in [1.82, 2.24) is 29.2 Å². The number of oxazole rings is 1. The lowest BCUT2D eigenvalue weighted by atomic mass is 9.97. The van der Waals surface area contributed by atoms with Gasteiger partial charge < -0.3 is 18.7 Å². The third kappa shape index (κ3) is 2.91. The molecule has 1 aliphatic heterocycles. The fourth-order valence-corrected chi connectivity index (χ4v) is 3.74. The third-order valence-electron chi connectivity index (χ3n) is 5.21. The molecule has 0 aliphatic carbocycles. The van der Waals surface area contributed by atoms with Crippen LogP contribution in [-0.2, 0) is 11.8 Å². The van der Waals surface area contributed by atoms with Crippen LogP contribution in [0.4, 0.5) is 0 Å². The van der Waals surface area contributed by atoms with Crippen molar-refractivity contribution in [1.29, 1.82) is 0 Å². The lowest BCUT2D eigenvalue weighted by Gasteiger charge is -2.33. The Hall–Kier alpha value is -3.42. The molecular weight excluding hydrogens is 368 g/mol. The molecule has 8 heteroatoms. The molecule has 8 nitrogen and oxygen atoms in total. The van der Waals surface area contributed by atoms with Crippen molar-refractivity contribution in [3.63, 3.8) is 0 Å². The summed E-state index contributed by atoms with van der Waals surface area (Å²) in [6.45, 7) is 6.55. The normalized spacial score (nSPS) is 16.9. The summed E-state index contributed by atoms with van der Waals surface area (Å²) in [5.74, 6) is 0.578. The number of rotatable bonds is 2. The zero-order valence-electron chi connectivity index (χ0n) is 16.6. The first-order valence-corrected chi connectivity index (χ1v) is 9.65. The molecule has 0 saturated carbocycles. The van der Waals surface area contributed by atoms with E-state index in [4.69, 9.17) is 9.40 Å². The average molecular weight is 390 g/mol. The molecule has 4 aromatic rings. The zero-order chi connectivity index (χ0) is 20.2. The van der Waals surface area contributed by atoms with Crippen molar-refractivity contribution >= 4 is 11.6 Å². The number of fused-ring (bicyclic) bond motifs is 2. The van der Waals surface area contributed by atoms with Gasteiger partial charge in [-0.25, -0.2) is 15.0 Å². The Morgan fingerprint density at radius 3 is 2.90 bits per heavy atom. The van der Waals surface area contributed by atoms with Crippen LogP contribution in [0.3, 0.4) is 0 Å². The van der Waals surface area contributed by atoms with E-state index in [1.165, 1.54) is 6.20 Å². The number of pyridine rings is 1. The number of carbonyl (C=O) groups excluding carboxylic acids is 1. The summed E-state index contributed by atoms with van der Waals surface area (Å²) in [7, 11) is 0. The number of hydrogen-bond donors (Lipinski definition) is 1. The number of nitrogens with one attached hydrogen (secondary N) is 1. The predicted octanol–water partition coefficient (Wildman–Crippen LogP) is 3.13. The van der Waals surface area contributed by atoms with Crippen molar-refractivity contribution < 1.29 is 9.21 Å². The summed E-state index contributed by atoms with van der Waals surface area (Å²) in [5.41, 5.74) is 3.18. The first kappa shape index (κ1) is 17.7. The summed E-state index contributed by atoms with van der Waals surface area (Å²) in [4.78, 5) is 31.9. The Morgan fingerprint density at radius 2 is 2.14 bits per heavy atom. The minimum absolute atomic E-state index is 0.205. The maximum absolute atomic E-state index is 13.4. The zero-order valence-corrected chi connectivity index (χ0v) is 16.6. The molecule has 148 valence electrons. The largest absolute Gasteiger partial charge is 0.435 e. The maximum Gasteiger partial charge on any atom is 0.292 e. The lowest BCUT2D eigenvalue weighted by Crippen LogP contribution is -2.40. The van der Waals surface area contributed by atoms with Gasteiger partial charge in [0.25, 0.3) is 5.91 Å². The van der Waals surface area contributed by atoms with Gasteiger partial charge in [0.1, 0.15) is 11.7 Å². The van der Waals surface area contributed by atoms with Crippen LogP contribution in [0.5, 0.6) is 0 Å². The molecule has 0 unspecified atom stereocenters. The lowest BCUT2D eigenvalue weighted by molar-refractivity contribution is 0.0651. The quantitative estimate of drug-likeness (QED) is 0.568. The van der Waals surface area contributed by atoms with E-state index in [1.807, 2.05) is 55.8 Å². The van der Waals surface area contributed by atoms with Crippen molar-refractivity contribution in [3.05, 3.63) is 71.8 Å². The summed E-state index contributed by atoms with van der Waals surface area (Å²) in [6.07, 6.45) is 7.78. The van der Waals surface area contributed by atoms with Gasteiger partial charge in [0.2, 0.25) is 11.7 Å². The second-order valence-corrected chi connectivity index (χ2v) is 8.33. The van der Waals surface area contributed by atoms with E-state index in [0.29, 0.717) is 18.9 Å². The fourth-order valence-electron chi connectivity index (χ4n) is 3.74. The smallest absolute Gasteiger partial charge is 0.292 e. The van der Waals surface area contributed by atoms with Gasteiger partial charge in [-0.3, -0.25) is 4.79 Å². The van der Waals surface area contributed by atoms with Gasteiger partial charge in [0, 0.05) is 36.5 Å². The van der Waals surface area contributed by atoms with Gasteiger partial charge in [-0.2, -0.15) is 0 Å². The van der Waals surface area contributed by atoms with E-state index in [-0.39, 0.29) is 23.1 Å². The minimum atomic E-state index is -0.388. The van der Waals surface area contributed by atoms with Crippen LogP contribution in [-0.4, -0.2) is 41.7 Å². The van der Waals surface area contributed by atoms with Crippen molar-refractivity contribution in [2.24, 2.45) is 0 Å². The van der Waals surface area contributed by atoms with Crippen molar-refractivity contribution in [2.75, 3.05) is 6.54 Å². The molecule has 0 bridgehead atoms. The summed E-state index contributed by atoms with van der Waals surface area (Å²) in [5, 5.41) is 0. The summed E-state index contributed by atoms with van der Waals surface area (Å²) < 4.78 is 7.77. The highest BCUT2D eigenvalue weighted by Gasteiger charge is 2.37. The summed E-state index contributed by atoms with van der Waals surface area (Å²) in [6, 6.07) is 5.44. The molecule has 29 heavy (non-hydrogen) atoms. The molecule has 1 amide bonds. The number of nitrogens with zero attached hydrogens (tertiary/aromatic N) is 5. The van der Waals surface area contributed by atoms with Crippen LogP contribution in [0, 0.1) is 0 Å². The Balaban J connectivity index is 1.57. The number of hydrogen-bond acceptors (Lipinski definition) is 5. The van der Waals surface area contributed by atoms with Crippen LogP contribution in [0.2, 0.25) is 0 Å². The van der Waals surface area contributed by atoms with Crippen molar-refractivity contribution in [3.8, 4) is 0 Å². The molecule has 4 aromatic heterocycles. The van der Waals surface area contributed by atoms with Gasteiger partial charge in [0.15, 0.2) is 0 Å². The van der Waals surface area contributed by atoms with Gasteiger partial charge in [-0.05, 0) is 12.1 Å². The molecule has 0 spiro atoms. The number of imidazole rings is 2. The van der Waals surface area contributed by atoms with E-state index >= 15 is 0 Å². The SMILES string of the molecule is CC(C)(C)c1ncc(C(=O)N2CCc3[nH]cnc3[C@@H]2c2cn3ccccc3n2)o1. The Bertz CT molecular complexity index is 1160. The van der Waals surface area contributed by atoms with E-state index < -0.39 is 0 Å². The fraction of sp³-hybridized carbons (Fsp3) is 0.333. The van der Waals surface area contributed by atoms with Gasteiger partial charge in [-0.1, -0.05) is 26.8 Å². The molecular formula is C21H22N6O2. The number of aromatic nitrogens is 5. The van der Waals surface area contributed by atoms with Crippen LogP contribution in [0.1, 0.15) is 60.3 Å². The number of aromatic amines is 1. The first-order valence-electron chi connectivity index (χ1n) is 9.65. The van der Waals surface area contributed by atoms with Crippen LogP contribution < -0.4 is 0 Å². The van der Waals surface area contributed by atoms with Gasteiger partial charge >= 0.3 is 0 Å². The number of H-pyrrole nitrogens is 1. The molecule has 0 fully saturated rings. The van der Waals surface area contributed by atoms with Crippen LogP contribution in [0.25, 0.3) is 5.65 Å². The maximum atomic E-state index is 13.4. The van der Waals surface area contributed by atoms with Gasteiger partial charge in [-0.15, -0.1) is 0 Å². The molecule has 0 aromatic carbocycles. The van der Waals surface area contributed by atoms with Crippen molar-refractivity contribution in [2.45, 2.75) is 38.6 Å². The van der Waals surface area contributed by atoms with Crippen LogP contribution in [0.15, 0.2) is 47.5 Å². The minimum Gasteiger partial charge on any atom is -0.435 e. The topological polar surface area (TPSA) is 92.3 Å². The summed E-state index contributed by atoms with van der Waals surface area (Å²) >= 11 is 0. The molecule has 0 saturated heterocycles. The van der Waals surface area contributed by atoms with Crippen LogP contribution >= 0.6 is 0 Å². The van der Waals surface area contributed by atoms with E-state index in [2.05, 4.69) is 15.0 Å². The van der Waals surface area contributed by atoms with E-state index in [0.717, 1.165) is 22.7 Å². The second-order valence-electron chi connectivity index (χ2n) is 8.33. The number of carbonyl (C=O) groups is 1. The highest BCUT2D eigenvalue weighted by Crippen LogP contribution is 2.34. The highest BCUT2D eigenvalue weighted by atomic mass is 16.4. The predicted molar refractivity (Wildman–Crippen MR) is 106 cm³/mol.